The maximum atomic E-state index is 12.1. The van der Waals surface area contributed by atoms with E-state index in [-0.39, 0.29) is 10.6 Å². The third kappa shape index (κ3) is 3.26. The van der Waals surface area contributed by atoms with Crippen molar-refractivity contribution in [2.75, 3.05) is 0 Å². The molecule has 1 amide bonds. The van der Waals surface area contributed by atoms with Crippen molar-refractivity contribution < 1.29 is 13.2 Å². The van der Waals surface area contributed by atoms with E-state index in [0.29, 0.717) is 12.1 Å². The summed E-state index contributed by atoms with van der Waals surface area (Å²) < 4.78 is 25.7. The molecule has 0 bridgehead atoms. The van der Waals surface area contributed by atoms with Crippen molar-refractivity contribution in [3.05, 3.63) is 54.5 Å². The highest BCUT2D eigenvalue weighted by Crippen LogP contribution is 2.11. The van der Waals surface area contributed by atoms with Crippen LogP contribution in [0.25, 0.3) is 10.9 Å². The lowest BCUT2D eigenvalue weighted by molar-refractivity contribution is 0.0940. The number of hydrogen-bond donors (Lipinski definition) is 2. The number of nitrogens with zero attached hydrogens (tertiary/aromatic N) is 3. The van der Waals surface area contributed by atoms with Crippen LogP contribution in [-0.2, 0) is 16.6 Å². The molecule has 3 aromatic rings. The van der Waals surface area contributed by atoms with Gasteiger partial charge in [0.1, 0.15) is 10.6 Å². The summed E-state index contributed by atoms with van der Waals surface area (Å²) >= 11 is 0. The average molecular weight is 345 g/mol. The SMILES string of the molecule is CCn1cc(S(=O)(=O)NNC(=O)c2ccc3ccccc3n2)cn1. The van der Waals surface area contributed by atoms with E-state index in [4.69, 9.17) is 0 Å². The minimum absolute atomic E-state index is 0.0314. The molecule has 0 unspecified atom stereocenters. The van der Waals surface area contributed by atoms with Gasteiger partial charge in [-0.1, -0.05) is 24.3 Å². The van der Waals surface area contributed by atoms with Crippen molar-refractivity contribution in [3.63, 3.8) is 0 Å². The Morgan fingerprint density at radius 2 is 2.00 bits per heavy atom. The molecule has 2 aromatic heterocycles. The summed E-state index contributed by atoms with van der Waals surface area (Å²) in [5.74, 6) is -0.646. The number of para-hydroxylation sites is 1. The van der Waals surface area contributed by atoms with Crippen molar-refractivity contribution >= 4 is 26.8 Å². The minimum atomic E-state index is -3.89. The van der Waals surface area contributed by atoms with Crippen molar-refractivity contribution in [3.8, 4) is 0 Å². The van der Waals surface area contributed by atoms with E-state index in [1.165, 1.54) is 23.1 Å². The van der Waals surface area contributed by atoms with Crippen molar-refractivity contribution in [1.29, 1.82) is 0 Å². The smallest absolute Gasteiger partial charge is 0.272 e. The number of aryl methyl sites for hydroxylation is 1. The highest BCUT2D eigenvalue weighted by Gasteiger charge is 2.18. The number of hydrogen-bond acceptors (Lipinski definition) is 5. The molecular formula is C15H15N5O3S. The van der Waals surface area contributed by atoms with Crippen LogP contribution in [0.2, 0.25) is 0 Å². The fourth-order valence-corrected chi connectivity index (χ4v) is 2.88. The highest BCUT2D eigenvalue weighted by molar-refractivity contribution is 7.89. The Kier molecular flexibility index (Phi) is 4.28. The van der Waals surface area contributed by atoms with Crippen LogP contribution in [0.1, 0.15) is 17.4 Å². The number of carbonyl (C=O) groups excluding carboxylic acids is 1. The summed E-state index contributed by atoms with van der Waals surface area (Å²) in [6.07, 6.45) is 2.59. The van der Waals surface area contributed by atoms with E-state index in [9.17, 15) is 13.2 Å². The van der Waals surface area contributed by atoms with Gasteiger partial charge in [-0.05, 0) is 19.1 Å². The van der Waals surface area contributed by atoms with Crippen molar-refractivity contribution in [1.82, 2.24) is 25.0 Å². The number of sulfonamides is 1. The topological polar surface area (TPSA) is 106 Å². The fourth-order valence-electron chi connectivity index (χ4n) is 2.09. The van der Waals surface area contributed by atoms with Gasteiger partial charge in [-0.25, -0.2) is 13.4 Å². The molecule has 124 valence electrons. The lowest BCUT2D eigenvalue weighted by Crippen LogP contribution is -2.41. The summed E-state index contributed by atoms with van der Waals surface area (Å²) in [6.45, 7) is 2.38. The third-order valence-corrected chi connectivity index (χ3v) is 4.58. The summed E-state index contributed by atoms with van der Waals surface area (Å²) in [5, 5.41) is 4.78. The first kappa shape index (κ1) is 16.1. The van der Waals surface area contributed by atoms with Gasteiger partial charge in [0, 0.05) is 18.1 Å². The maximum absolute atomic E-state index is 12.1. The van der Waals surface area contributed by atoms with Crippen LogP contribution in [0.4, 0.5) is 0 Å². The van der Waals surface area contributed by atoms with Crippen LogP contribution in [-0.4, -0.2) is 29.1 Å². The molecule has 9 heteroatoms. The average Bonchev–Trinajstić information content (AvgIpc) is 3.09. The van der Waals surface area contributed by atoms with Gasteiger partial charge in [0.15, 0.2) is 0 Å². The van der Waals surface area contributed by atoms with E-state index in [1.807, 2.05) is 30.0 Å². The molecule has 0 aliphatic carbocycles. The quantitative estimate of drug-likeness (QED) is 0.673. The number of nitrogens with one attached hydrogen (secondary N) is 2. The number of benzene rings is 1. The van der Waals surface area contributed by atoms with Crippen LogP contribution in [0, 0.1) is 0 Å². The van der Waals surface area contributed by atoms with Gasteiger partial charge in [0.2, 0.25) is 0 Å². The third-order valence-electron chi connectivity index (χ3n) is 3.37. The predicted octanol–water partition coefficient (Wildman–Crippen LogP) is 1.07. The normalized spacial score (nSPS) is 11.5. The van der Waals surface area contributed by atoms with E-state index < -0.39 is 15.9 Å². The Labute approximate surface area is 138 Å². The Balaban J connectivity index is 1.74. The summed E-state index contributed by atoms with van der Waals surface area (Å²) in [4.78, 5) is 18.3. The fraction of sp³-hybridized carbons (Fsp3) is 0.133. The molecule has 0 saturated heterocycles. The first-order valence-electron chi connectivity index (χ1n) is 7.20. The van der Waals surface area contributed by atoms with Crippen LogP contribution in [0.15, 0.2) is 53.7 Å². The summed E-state index contributed by atoms with van der Waals surface area (Å²) in [7, 11) is -3.89. The first-order chi connectivity index (χ1) is 11.5. The predicted molar refractivity (Wildman–Crippen MR) is 87.4 cm³/mol. The second kappa shape index (κ2) is 6.38. The van der Waals surface area contributed by atoms with Gasteiger partial charge < -0.3 is 0 Å². The van der Waals surface area contributed by atoms with Crippen LogP contribution < -0.4 is 10.3 Å². The van der Waals surface area contributed by atoms with E-state index in [0.717, 1.165) is 5.39 Å². The molecule has 0 fully saturated rings. The molecule has 0 spiro atoms. The van der Waals surface area contributed by atoms with Gasteiger partial charge in [0.05, 0.1) is 11.7 Å². The minimum Gasteiger partial charge on any atom is -0.272 e. The second-order valence-electron chi connectivity index (χ2n) is 4.98. The number of fused-ring (bicyclic) bond motifs is 1. The molecule has 0 saturated carbocycles. The van der Waals surface area contributed by atoms with Gasteiger partial charge in [-0.2, -0.15) is 5.10 Å². The van der Waals surface area contributed by atoms with Gasteiger partial charge in [0.25, 0.3) is 15.9 Å². The van der Waals surface area contributed by atoms with Gasteiger partial charge >= 0.3 is 0 Å². The van der Waals surface area contributed by atoms with E-state index >= 15 is 0 Å². The number of hydrazine groups is 1. The zero-order chi connectivity index (χ0) is 17.2. The number of rotatable bonds is 5. The molecule has 2 N–H and O–H groups in total. The molecule has 1 aromatic carbocycles. The van der Waals surface area contributed by atoms with Gasteiger partial charge in [-0.3, -0.25) is 14.9 Å². The molecule has 2 heterocycles. The highest BCUT2D eigenvalue weighted by atomic mass is 32.2. The molecule has 8 nitrogen and oxygen atoms in total. The van der Waals surface area contributed by atoms with Crippen LogP contribution >= 0.6 is 0 Å². The van der Waals surface area contributed by atoms with Crippen LogP contribution in [0.3, 0.4) is 0 Å². The van der Waals surface area contributed by atoms with Gasteiger partial charge in [-0.15, -0.1) is 4.83 Å². The molecule has 0 radical (unpaired) electrons. The summed E-state index contributed by atoms with van der Waals surface area (Å²) in [5.41, 5.74) is 2.92. The Hall–Kier alpha value is -2.78. The summed E-state index contributed by atoms with van der Waals surface area (Å²) in [6, 6.07) is 10.6. The number of amides is 1. The lowest BCUT2D eigenvalue weighted by atomic mass is 10.2. The molecular weight excluding hydrogens is 330 g/mol. The first-order valence-corrected chi connectivity index (χ1v) is 8.68. The molecule has 0 aliphatic rings. The Bertz CT molecular complexity index is 997. The zero-order valence-corrected chi connectivity index (χ0v) is 13.6. The number of pyridine rings is 1. The molecule has 24 heavy (non-hydrogen) atoms. The largest absolute Gasteiger partial charge is 0.284 e. The molecule has 0 atom stereocenters. The monoisotopic (exact) mass is 345 g/mol. The Morgan fingerprint density at radius 1 is 1.21 bits per heavy atom. The molecule has 3 rings (SSSR count). The standard InChI is InChI=1S/C15H15N5O3S/c1-2-20-10-12(9-16-20)24(22,23)19-18-15(21)14-8-7-11-5-3-4-6-13(11)17-14/h3-10,19H,2H2,1H3,(H,18,21). The zero-order valence-electron chi connectivity index (χ0n) is 12.8. The van der Waals surface area contributed by atoms with Crippen LogP contribution in [0.5, 0.6) is 0 Å². The number of carbonyl (C=O) groups is 1. The van der Waals surface area contributed by atoms with Crippen molar-refractivity contribution in [2.24, 2.45) is 0 Å². The Morgan fingerprint density at radius 3 is 2.75 bits per heavy atom. The second-order valence-corrected chi connectivity index (χ2v) is 6.66. The number of aromatic nitrogens is 3. The maximum Gasteiger partial charge on any atom is 0.284 e. The van der Waals surface area contributed by atoms with E-state index in [1.54, 1.807) is 12.1 Å². The van der Waals surface area contributed by atoms with Crippen molar-refractivity contribution in [2.45, 2.75) is 18.4 Å². The molecule has 0 aliphatic heterocycles. The lowest BCUT2D eigenvalue weighted by Gasteiger charge is -2.07. The van der Waals surface area contributed by atoms with E-state index in [2.05, 4.69) is 15.5 Å².